The molecule has 8 nitrogen and oxygen atoms in total. The largest absolute Gasteiger partial charge is 0.493 e. The number of aliphatic hydroxyl groups is 1. The molecular weight excluding hydrogens is 412 g/mol. The van der Waals surface area contributed by atoms with Crippen molar-refractivity contribution in [2.75, 3.05) is 46.7 Å². The number of hydrogen-bond acceptors (Lipinski definition) is 7. The summed E-state index contributed by atoms with van der Waals surface area (Å²) >= 11 is 0. The quantitative estimate of drug-likeness (QED) is 0.538. The molecule has 0 saturated carbocycles. The van der Waals surface area contributed by atoms with Crippen molar-refractivity contribution in [3.8, 4) is 17.2 Å². The number of amides is 1. The van der Waals surface area contributed by atoms with Crippen molar-refractivity contribution < 1.29 is 28.8 Å². The maximum Gasteiger partial charge on any atom is 0.273 e. The van der Waals surface area contributed by atoms with E-state index in [1.54, 1.807) is 31.4 Å². The third kappa shape index (κ3) is 6.21. The number of ether oxygens (including phenoxy) is 4. The van der Waals surface area contributed by atoms with E-state index in [1.807, 2.05) is 25.1 Å². The Labute approximate surface area is 188 Å². The van der Waals surface area contributed by atoms with Crippen LogP contribution in [-0.4, -0.2) is 68.4 Å². The first-order chi connectivity index (χ1) is 15.7. The van der Waals surface area contributed by atoms with Gasteiger partial charge in [-0.15, -0.1) is 0 Å². The van der Waals surface area contributed by atoms with Gasteiger partial charge in [0.2, 0.25) is 0 Å². The van der Waals surface area contributed by atoms with Gasteiger partial charge in [0.1, 0.15) is 12.4 Å². The molecule has 3 rings (SSSR count). The molecule has 2 aromatic carbocycles. The van der Waals surface area contributed by atoms with E-state index in [0.717, 1.165) is 24.1 Å². The van der Waals surface area contributed by atoms with Gasteiger partial charge in [0.25, 0.3) is 5.91 Å². The molecule has 1 N–H and O–H groups in total. The number of nitrogens with zero attached hydrogens (tertiary/aromatic N) is 2. The molecule has 0 bridgehead atoms. The van der Waals surface area contributed by atoms with Crippen LogP contribution < -0.4 is 14.2 Å². The second-order valence-electron chi connectivity index (χ2n) is 7.09. The van der Waals surface area contributed by atoms with Gasteiger partial charge in [0.05, 0.1) is 39.2 Å². The fourth-order valence-corrected chi connectivity index (χ4v) is 3.34. The average molecular weight is 443 g/mol. The molecular formula is C24H30N2O6. The molecule has 0 atom stereocenters. The Morgan fingerprint density at radius 1 is 1.06 bits per heavy atom. The van der Waals surface area contributed by atoms with Gasteiger partial charge in [0.15, 0.2) is 11.5 Å². The first-order valence-corrected chi connectivity index (χ1v) is 10.8. The van der Waals surface area contributed by atoms with E-state index in [2.05, 4.69) is 5.10 Å². The molecule has 2 aromatic rings. The summed E-state index contributed by atoms with van der Waals surface area (Å²) in [6.45, 7) is 4.07. The molecule has 0 radical (unpaired) electrons. The predicted octanol–water partition coefficient (Wildman–Crippen LogP) is 3.12. The number of rotatable bonds is 11. The number of methoxy groups -OCH3 is 1. The van der Waals surface area contributed by atoms with Crippen LogP contribution in [0.2, 0.25) is 0 Å². The molecule has 0 aromatic heterocycles. The zero-order valence-corrected chi connectivity index (χ0v) is 18.6. The lowest BCUT2D eigenvalue weighted by Crippen LogP contribution is -2.32. The summed E-state index contributed by atoms with van der Waals surface area (Å²) in [5.41, 5.74) is 2.30. The van der Waals surface area contributed by atoms with Crippen LogP contribution in [-0.2, 0) is 4.74 Å². The molecule has 32 heavy (non-hydrogen) atoms. The third-order valence-corrected chi connectivity index (χ3v) is 4.89. The van der Waals surface area contributed by atoms with Crippen LogP contribution in [0.15, 0.2) is 47.6 Å². The van der Waals surface area contributed by atoms with Crippen molar-refractivity contribution in [1.29, 1.82) is 0 Å². The van der Waals surface area contributed by atoms with Gasteiger partial charge < -0.3 is 24.1 Å². The lowest BCUT2D eigenvalue weighted by atomic mass is 10.0. The van der Waals surface area contributed by atoms with Crippen LogP contribution in [0.5, 0.6) is 17.2 Å². The Kier molecular flexibility index (Phi) is 8.89. The summed E-state index contributed by atoms with van der Waals surface area (Å²) in [4.78, 5) is 13.0. The second-order valence-corrected chi connectivity index (χ2v) is 7.09. The van der Waals surface area contributed by atoms with E-state index in [9.17, 15) is 4.79 Å². The smallest absolute Gasteiger partial charge is 0.273 e. The van der Waals surface area contributed by atoms with Gasteiger partial charge in [-0.1, -0.05) is 0 Å². The standard InChI is InChI=1S/C24H30N2O6/c1-3-31-23-17-19(8-11-22(23)29-2)21-5-4-12-26(25-21)24(28)18-6-9-20(10-7-18)32-16-15-30-14-13-27/h6-11,17,27H,3-5,12-16H2,1-2H3. The Morgan fingerprint density at radius 2 is 1.88 bits per heavy atom. The van der Waals surface area contributed by atoms with Gasteiger partial charge in [0, 0.05) is 17.7 Å². The Balaban J connectivity index is 1.67. The van der Waals surface area contributed by atoms with Crippen LogP contribution in [0.3, 0.4) is 0 Å². The third-order valence-electron chi connectivity index (χ3n) is 4.89. The highest BCUT2D eigenvalue weighted by Crippen LogP contribution is 2.29. The van der Waals surface area contributed by atoms with Crippen molar-refractivity contribution >= 4 is 11.6 Å². The van der Waals surface area contributed by atoms with Crippen molar-refractivity contribution in [3.63, 3.8) is 0 Å². The number of carbonyl (C=O) groups excluding carboxylic acids is 1. The number of benzene rings is 2. The molecule has 0 saturated heterocycles. The molecule has 1 aliphatic heterocycles. The molecule has 1 heterocycles. The van der Waals surface area contributed by atoms with Gasteiger partial charge in [-0.3, -0.25) is 4.79 Å². The van der Waals surface area contributed by atoms with Crippen LogP contribution in [0.25, 0.3) is 0 Å². The molecule has 8 heteroatoms. The SMILES string of the molecule is CCOc1cc(C2=NN(C(=O)c3ccc(OCCOCCO)cc3)CCC2)ccc1OC. The second kappa shape index (κ2) is 12.1. The Morgan fingerprint density at radius 3 is 2.59 bits per heavy atom. The summed E-state index contributed by atoms with van der Waals surface area (Å²) in [7, 11) is 1.61. The number of hydrogen-bond donors (Lipinski definition) is 1. The van der Waals surface area contributed by atoms with Gasteiger partial charge >= 0.3 is 0 Å². The van der Waals surface area contributed by atoms with Gasteiger partial charge in [-0.05, 0) is 62.2 Å². The van der Waals surface area contributed by atoms with Gasteiger partial charge in [-0.25, -0.2) is 5.01 Å². The predicted molar refractivity (Wildman–Crippen MR) is 121 cm³/mol. The molecule has 0 spiro atoms. The van der Waals surface area contributed by atoms with E-state index in [1.165, 1.54) is 5.01 Å². The highest BCUT2D eigenvalue weighted by Gasteiger charge is 2.21. The van der Waals surface area contributed by atoms with Crippen LogP contribution in [0, 0.1) is 0 Å². The first-order valence-electron chi connectivity index (χ1n) is 10.8. The molecule has 0 aliphatic carbocycles. The summed E-state index contributed by atoms with van der Waals surface area (Å²) in [6, 6.07) is 12.7. The van der Waals surface area contributed by atoms with E-state index in [4.69, 9.17) is 24.1 Å². The zero-order chi connectivity index (χ0) is 22.8. The highest BCUT2D eigenvalue weighted by atomic mass is 16.5. The minimum Gasteiger partial charge on any atom is -0.493 e. The van der Waals surface area contributed by atoms with Crippen molar-refractivity contribution in [3.05, 3.63) is 53.6 Å². The van der Waals surface area contributed by atoms with Crippen molar-refractivity contribution in [2.45, 2.75) is 19.8 Å². The number of hydrazone groups is 1. The molecule has 1 amide bonds. The fourth-order valence-electron chi connectivity index (χ4n) is 3.34. The molecule has 0 unspecified atom stereocenters. The molecule has 0 fully saturated rings. The Hall–Kier alpha value is -3.10. The number of carbonyl (C=O) groups is 1. The van der Waals surface area contributed by atoms with E-state index >= 15 is 0 Å². The minimum atomic E-state index is -0.154. The summed E-state index contributed by atoms with van der Waals surface area (Å²) in [5.74, 6) is 1.83. The molecule has 172 valence electrons. The van der Waals surface area contributed by atoms with E-state index in [-0.39, 0.29) is 12.5 Å². The number of aliphatic hydroxyl groups excluding tert-OH is 1. The van der Waals surface area contributed by atoms with Crippen molar-refractivity contribution in [1.82, 2.24) is 5.01 Å². The van der Waals surface area contributed by atoms with E-state index < -0.39 is 0 Å². The monoisotopic (exact) mass is 442 g/mol. The van der Waals surface area contributed by atoms with Crippen LogP contribution in [0.4, 0.5) is 0 Å². The average Bonchev–Trinajstić information content (AvgIpc) is 2.84. The van der Waals surface area contributed by atoms with Crippen LogP contribution in [0.1, 0.15) is 35.7 Å². The lowest BCUT2D eigenvalue weighted by molar-refractivity contribution is 0.0704. The fraction of sp³-hybridized carbons (Fsp3) is 0.417. The summed E-state index contributed by atoms with van der Waals surface area (Å²) in [6.07, 6.45) is 1.61. The van der Waals surface area contributed by atoms with Crippen molar-refractivity contribution in [2.24, 2.45) is 5.10 Å². The van der Waals surface area contributed by atoms with Crippen LogP contribution >= 0.6 is 0 Å². The van der Waals surface area contributed by atoms with E-state index in [0.29, 0.717) is 55.8 Å². The highest BCUT2D eigenvalue weighted by molar-refractivity contribution is 6.03. The zero-order valence-electron chi connectivity index (χ0n) is 18.6. The van der Waals surface area contributed by atoms with Gasteiger partial charge in [-0.2, -0.15) is 5.10 Å². The summed E-state index contributed by atoms with van der Waals surface area (Å²) < 4.78 is 21.8. The lowest BCUT2D eigenvalue weighted by Gasteiger charge is -2.24. The first kappa shape index (κ1) is 23.6. The summed E-state index contributed by atoms with van der Waals surface area (Å²) in [5, 5.41) is 14.8. The Bertz CT molecular complexity index is 913. The topological polar surface area (TPSA) is 89.8 Å². The maximum atomic E-state index is 13.0. The normalized spacial score (nSPS) is 13.5. The maximum absolute atomic E-state index is 13.0. The minimum absolute atomic E-state index is 0.0103. The molecule has 1 aliphatic rings.